The first kappa shape index (κ1) is 38.3. The van der Waals surface area contributed by atoms with Crippen molar-refractivity contribution in [3.8, 4) is 34.2 Å². The van der Waals surface area contributed by atoms with Crippen molar-refractivity contribution < 1.29 is 0 Å². The molecule has 5 heteroatoms. The maximum atomic E-state index is 5.34. The van der Waals surface area contributed by atoms with Crippen LogP contribution in [0, 0.1) is 0 Å². The van der Waals surface area contributed by atoms with Gasteiger partial charge in [0.15, 0.2) is 11.6 Å². The summed E-state index contributed by atoms with van der Waals surface area (Å²) in [7, 11) is 0. The van der Waals surface area contributed by atoms with Crippen LogP contribution >= 0.6 is 0 Å². The predicted octanol–water partition coefficient (Wildman–Crippen LogP) is 14.9. The average Bonchev–Trinajstić information content (AvgIpc) is 3.84. The van der Waals surface area contributed by atoms with E-state index in [0.717, 1.165) is 50.6 Å². The van der Waals surface area contributed by atoms with E-state index in [0.29, 0.717) is 23.5 Å². The van der Waals surface area contributed by atoms with Crippen LogP contribution in [0.1, 0.15) is 75.4 Å². The van der Waals surface area contributed by atoms with Crippen molar-refractivity contribution in [2.24, 2.45) is 0 Å². The molecule has 12 rings (SSSR count). The molecule has 310 valence electrons. The lowest BCUT2D eigenvalue weighted by atomic mass is 9.61. The van der Waals surface area contributed by atoms with Gasteiger partial charge in [0, 0.05) is 44.3 Å². The number of rotatable bonds is 6. The molecule has 2 aliphatic carbocycles. The minimum Gasteiger partial charge on any atom is -0.309 e. The molecule has 10 aromatic rings. The van der Waals surface area contributed by atoms with E-state index in [-0.39, 0.29) is 10.8 Å². The van der Waals surface area contributed by atoms with E-state index in [4.69, 9.17) is 15.0 Å². The third kappa shape index (κ3) is 6.17. The molecule has 7 aromatic carbocycles. The van der Waals surface area contributed by atoms with Crippen molar-refractivity contribution in [3.05, 3.63) is 205 Å². The largest absolute Gasteiger partial charge is 0.309 e. The second-order valence-corrected chi connectivity index (χ2v) is 19.1. The van der Waals surface area contributed by atoms with Crippen molar-refractivity contribution >= 4 is 49.2 Å². The highest BCUT2D eigenvalue weighted by Gasteiger charge is 2.38. The Kier molecular flexibility index (Phi) is 8.74. The standard InChI is InChI=1S/C59H49N5/c1-58(2)33-34-59(3,4)54-44(25-16-26-49(54)58)42-21-15-22-43(35-42)63-50-27-13-11-23-45(50)47-36-48-46-24-12-14-28-51(46)64(53(48)37-52(47)63)57-61-55(40-19-9-6-10-20-40)60-56(62-57)41-31-29-39(30-32-41)38-17-7-5-8-18-38/h5-29,31-32,35-37,39H,30,33-34H2,1-4H3. The van der Waals surface area contributed by atoms with Gasteiger partial charge in [0.05, 0.1) is 22.1 Å². The Morgan fingerprint density at radius 3 is 1.86 bits per heavy atom. The summed E-state index contributed by atoms with van der Waals surface area (Å²) in [5.41, 5.74) is 14.5. The van der Waals surface area contributed by atoms with Crippen LogP contribution < -0.4 is 0 Å². The molecule has 5 nitrogen and oxygen atoms in total. The van der Waals surface area contributed by atoms with Gasteiger partial charge in [0.2, 0.25) is 5.95 Å². The van der Waals surface area contributed by atoms with Gasteiger partial charge in [-0.15, -0.1) is 0 Å². The van der Waals surface area contributed by atoms with Crippen LogP contribution in [0.2, 0.25) is 0 Å². The quantitative estimate of drug-likeness (QED) is 0.168. The van der Waals surface area contributed by atoms with Gasteiger partial charge in [-0.2, -0.15) is 9.97 Å². The number of fused-ring (bicyclic) bond motifs is 7. The average molecular weight is 828 g/mol. The zero-order valence-corrected chi connectivity index (χ0v) is 36.8. The minimum atomic E-state index is 0.0764. The molecular formula is C59H49N5. The molecule has 0 aliphatic heterocycles. The normalized spacial score (nSPS) is 16.7. The summed E-state index contributed by atoms with van der Waals surface area (Å²) in [5, 5.41) is 4.75. The van der Waals surface area contributed by atoms with E-state index in [1.807, 2.05) is 18.2 Å². The third-order valence-electron chi connectivity index (χ3n) is 14.2. The van der Waals surface area contributed by atoms with E-state index in [1.54, 1.807) is 0 Å². The van der Waals surface area contributed by atoms with Gasteiger partial charge in [-0.05, 0) is 94.3 Å². The topological polar surface area (TPSA) is 48.5 Å². The number of hydrogen-bond acceptors (Lipinski definition) is 3. The van der Waals surface area contributed by atoms with Gasteiger partial charge in [-0.25, -0.2) is 4.98 Å². The van der Waals surface area contributed by atoms with Crippen LogP contribution in [0.5, 0.6) is 0 Å². The lowest BCUT2D eigenvalue weighted by Gasteiger charge is -2.43. The number of benzene rings is 7. The summed E-state index contributed by atoms with van der Waals surface area (Å²) in [6.07, 6.45) is 9.98. The molecule has 2 aliphatic rings. The van der Waals surface area contributed by atoms with Crippen LogP contribution in [0.15, 0.2) is 182 Å². The molecule has 1 atom stereocenters. The van der Waals surface area contributed by atoms with E-state index < -0.39 is 0 Å². The van der Waals surface area contributed by atoms with Gasteiger partial charge in [0.1, 0.15) is 0 Å². The van der Waals surface area contributed by atoms with Gasteiger partial charge >= 0.3 is 0 Å². The molecule has 3 aromatic heterocycles. The fraction of sp³-hybridized carbons (Fsp3) is 0.169. The highest BCUT2D eigenvalue weighted by molar-refractivity contribution is 6.19. The molecule has 3 heterocycles. The summed E-state index contributed by atoms with van der Waals surface area (Å²) in [6, 6.07) is 59.4. The van der Waals surface area contributed by atoms with Crippen LogP contribution in [-0.2, 0) is 10.8 Å². The molecule has 0 spiro atoms. The second-order valence-electron chi connectivity index (χ2n) is 19.1. The molecule has 0 bridgehead atoms. The van der Waals surface area contributed by atoms with Crippen LogP contribution in [-0.4, -0.2) is 24.1 Å². The number of nitrogens with zero attached hydrogens (tertiary/aromatic N) is 5. The minimum absolute atomic E-state index is 0.0764. The van der Waals surface area contributed by atoms with Crippen LogP contribution in [0.4, 0.5) is 0 Å². The monoisotopic (exact) mass is 827 g/mol. The summed E-state index contributed by atoms with van der Waals surface area (Å²) < 4.78 is 4.70. The highest BCUT2D eigenvalue weighted by atomic mass is 15.2. The molecule has 1 unspecified atom stereocenters. The Morgan fingerprint density at radius 1 is 0.500 bits per heavy atom. The zero-order chi connectivity index (χ0) is 43.2. The van der Waals surface area contributed by atoms with Gasteiger partial charge in [-0.1, -0.05) is 173 Å². The Labute approximate surface area is 374 Å². The Balaban J connectivity index is 1.07. The van der Waals surface area contributed by atoms with Gasteiger partial charge < -0.3 is 4.57 Å². The van der Waals surface area contributed by atoms with E-state index >= 15 is 0 Å². The fourth-order valence-electron chi connectivity index (χ4n) is 10.8. The summed E-state index contributed by atoms with van der Waals surface area (Å²) in [4.78, 5) is 15.8. The highest BCUT2D eigenvalue weighted by Crippen LogP contribution is 2.50. The van der Waals surface area contributed by atoms with E-state index in [9.17, 15) is 0 Å². The van der Waals surface area contributed by atoms with Crippen molar-refractivity contribution in [3.63, 3.8) is 0 Å². The third-order valence-corrected chi connectivity index (χ3v) is 14.2. The van der Waals surface area contributed by atoms with Gasteiger partial charge in [0.25, 0.3) is 0 Å². The SMILES string of the molecule is CC1(C)CCC(C)(C)c2c(-c3cccc(-n4c5ccccc5c5cc6c7ccccc7n(-c7nc(C8=CCC(c9ccccc9)C=C8)nc(-c8ccccc8)n7)c6cc54)c3)cccc21. The maximum absolute atomic E-state index is 5.34. The molecule has 0 saturated heterocycles. The summed E-state index contributed by atoms with van der Waals surface area (Å²) in [5.74, 6) is 2.22. The molecule has 0 N–H and O–H groups in total. The number of hydrogen-bond donors (Lipinski definition) is 0. The maximum Gasteiger partial charge on any atom is 0.238 e. The van der Waals surface area contributed by atoms with Crippen molar-refractivity contribution in [1.82, 2.24) is 24.1 Å². The Hall–Kier alpha value is -7.37. The summed E-state index contributed by atoms with van der Waals surface area (Å²) >= 11 is 0. The molecule has 64 heavy (non-hydrogen) atoms. The van der Waals surface area contributed by atoms with Crippen LogP contribution in [0.25, 0.3) is 83.3 Å². The number of allylic oxidation sites excluding steroid dienone is 4. The second kappa shape index (κ2) is 14.6. The number of para-hydroxylation sites is 2. The molecule has 0 saturated carbocycles. The lowest BCUT2D eigenvalue weighted by molar-refractivity contribution is 0.333. The van der Waals surface area contributed by atoms with Crippen LogP contribution in [0.3, 0.4) is 0 Å². The van der Waals surface area contributed by atoms with E-state index in [2.05, 4.69) is 201 Å². The molecule has 0 amide bonds. The lowest BCUT2D eigenvalue weighted by Crippen LogP contribution is -2.34. The first-order chi connectivity index (χ1) is 31.2. The van der Waals surface area contributed by atoms with Crippen molar-refractivity contribution in [2.75, 3.05) is 0 Å². The molecule has 0 fully saturated rings. The predicted molar refractivity (Wildman–Crippen MR) is 266 cm³/mol. The fourth-order valence-corrected chi connectivity index (χ4v) is 10.8. The Morgan fingerprint density at radius 2 is 1.12 bits per heavy atom. The molecule has 0 radical (unpaired) electrons. The Bertz CT molecular complexity index is 3530. The number of aromatic nitrogens is 5. The first-order valence-corrected chi connectivity index (χ1v) is 22.7. The van der Waals surface area contributed by atoms with Crippen molar-refractivity contribution in [2.45, 2.75) is 63.7 Å². The molecular weight excluding hydrogens is 779 g/mol. The first-order valence-electron chi connectivity index (χ1n) is 22.7. The zero-order valence-electron chi connectivity index (χ0n) is 36.8. The van der Waals surface area contributed by atoms with Crippen molar-refractivity contribution in [1.29, 1.82) is 0 Å². The summed E-state index contributed by atoms with van der Waals surface area (Å²) in [6.45, 7) is 9.67. The van der Waals surface area contributed by atoms with Gasteiger partial charge in [-0.3, -0.25) is 4.57 Å². The smallest absolute Gasteiger partial charge is 0.238 e. The van der Waals surface area contributed by atoms with E-state index in [1.165, 1.54) is 56.9 Å².